The number of nitrogens with zero attached hydrogens (tertiary/aromatic N) is 1. The summed E-state index contributed by atoms with van der Waals surface area (Å²) in [6.45, 7) is 1.59. The fourth-order valence-corrected chi connectivity index (χ4v) is 4.52. The molecule has 1 atom stereocenters. The highest BCUT2D eigenvalue weighted by atomic mass is 35.5. The van der Waals surface area contributed by atoms with E-state index in [1.807, 2.05) is 49.4 Å². The molecule has 0 saturated carbocycles. The molecule has 1 saturated heterocycles. The molecular formula is C30H25ClN2O5. The summed E-state index contributed by atoms with van der Waals surface area (Å²) < 4.78 is 11.3. The predicted octanol–water partition coefficient (Wildman–Crippen LogP) is 6.13. The molecule has 0 bridgehead atoms. The number of anilines is 2. The van der Waals surface area contributed by atoms with Gasteiger partial charge >= 0.3 is 5.97 Å². The first-order valence-corrected chi connectivity index (χ1v) is 12.5. The van der Waals surface area contributed by atoms with Crippen molar-refractivity contribution in [2.45, 2.75) is 13.3 Å². The Morgan fingerprint density at radius 3 is 2.55 bits per heavy atom. The molecule has 1 aliphatic heterocycles. The monoisotopic (exact) mass is 528 g/mol. The normalized spacial score (nSPS) is 14.9. The van der Waals surface area contributed by atoms with Crippen LogP contribution in [-0.2, 0) is 19.1 Å². The molecule has 1 aliphatic rings. The summed E-state index contributed by atoms with van der Waals surface area (Å²) in [4.78, 5) is 38.9. The second-order valence-electron chi connectivity index (χ2n) is 9.10. The molecule has 1 fully saturated rings. The summed E-state index contributed by atoms with van der Waals surface area (Å²) in [6.07, 6.45) is 0.0161. The summed E-state index contributed by atoms with van der Waals surface area (Å²) in [6, 6.07) is 26.1. The molecule has 0 radical (unpaired) electrons. The lowest BCUT2D eigenvalue weighted by Crippen LogP contribution is -2.28. The number of halogens is 1. The number of carbonyl (C=O) groups excluding carboxylic acids is 3. The predicted molar refractivity (Wildman–Crippen MR) is 147 cm³/mol. The van der Waals surface area contributed by atoms with Gasteiger partial charge in [-0.05, 0) is 60.3 Å². The lowest BCUT2D eigenvalue weighted by atomic mass is 10.1. The van der Waals surface area contributed by atoms with Gasteiger partial charge in [0.15, 0.2) is 6.61 Å². The number of hydrogen-bond donors (Lipinski definition) is 1. The van der Waals surface area contributed by atoms with Gasteiger partial charge in [0.1, 0.15) is 11.5 Å². The summed E-state index contributed by atoms with van der Waals surface area (Å²) in [5, 5.41) is 5.26. The van der Waals surface area contributed by atoms with E-state index in [2.05, 4.69) is 5.32 Å². The molecule has 8 heteroatoms. The second kappa shape index (κ2) is 10.9. The van der Waals surface area contributed by atoms with Gasteiger partial charge in [-0.1, -0.05) is 54.1 Å². The Labute approximate surface area is 224 Å². The zero-order chi connectivity index (χ0) is 26.6. The van der Waals surface area contributed by atoms with Crippen LogP contribution in [0.2, 0.25) is 5.02 Å². The van der Waals surface area contributed by atoms with E-state index in [1.54, 1.807) is 47.4 Å². The largest absolute Gasteiger partial charge is 0.457 e. The number of rotatable bonds is 7. The number of aryl methyl sites for hydroxylation is 1. The van der Waals surface area contributed by atoms with Crippen LogP contribution < -0.4 is 15.0 Å². The Balaban J connectivity index is 1.16. The zero-order valence-corrected chi connectivity index (χ0v) is 21.4. The van der Waals surface area contributed by atoms with Crippen LogP contribution >= 0.6 is 11.6 Å². The first kappa shape index (κ1) is 25.3. The zero-order valence-electron chi connectivity index (χ0n) is 20.6. The van der Waals surface area contributed by atoms with Gasteiger partial charge in [0, 0.05) is 34.7 Å². The Kier molecular flexibility index (Phi) is 7.29. The molecule has 1 N–H and O–H groups in total. The highest BCUT2D eigenvalue weighted by Gasteiger charge is 2.36. The summed E-state index contributed by atoms with van der Waals surface area (Å²) in [5.74, 6) is -0.543. The maximum absolute atomic E-state index is 12.6. The third-order valence-corrected chi connectivity index (χ3v) is 6.79. The van der Waals surface area contributed by atoms with Gasteiger partial charge in [0.2, 0.25) is 5.91 Å². The fourth-order valence-electron chi connectivity index (χ4n) is 4.34. The molecule has 0 aliphatic carbocycles. The number of nitrogens with one attached hydrogen (secondary N) is 1. The highest BCUT2D eigenvalue weighted by molar-refractivity contribution is 6.31. The van der Waals surface area contributed by atoms with Gasteiger partial charge in [-0.2, -0.15) is 0 Å². The topological polar surface area (TPSA) is 84.9 Å². The summed E-state index contributed by atoms with van der Waals surface area (Å²) in [5.41, 5.74) is 2.06. The van der Waals surface area contributed by atoms with E-state index in [9.17, 15) is 14.4 Å². The van der Waals surface area contributed by atoms with Crippen LogP contribution in [0.1, 0.15) is 12.0 Å². The molecule has 0 unspecified atom stereocenters. The number of esters is 1. The van der Waals surface area contributed by atoms with Gasteiger partial charge in [0.05, 0.1) is 5.92 Å². The molecule has 4 aromatic carbocycles. The fraction of sp³-hybridized carbons (Fsp3) is 0.167. The highest BCUT2D eigenvalue weighted by Crippen LogP contribution is 2.32. The van der Waals surface area contributed by atoms with Crippen molar-refractivity contribution in [1.82, 2.24) is 0 Å². The minimum atomic E-state index is -0.657. The average molecular weight is 529 g/mol. The third kappa shape index (κ3) is 5.63. The number of amides is 2. The third-order valence-electron chi connectivity index (χ3n) is 6.39. The summed E-state index contributed by atoms with van der Waals surface area (Å²) in [7, 11) is 0. The number of hydrogen-bond acceptors (Lipinski definition) is 5. The van der Waals surface area contributed by atoms with E-state index in [0.717, 1.165) is 22.1 Å². The molecule has 192 valence electrons. The second-order valence-corrected chi connectivity index (χ2v) is 9.51. The van der Waals surface area contributed by atoms with Gasteiger partial charge in [-0.25, -0.2) is 0 Å². The first-order chi connectivity index (χ1) is 18.4. The lowest BCUT2D eigenvalue weighted by Gasteiger charge is -2.17. The Morgan fingerprint density at radius 1 is 1.00 bits per heavy atom. The minimum Gasteiger partial charge on any atom is -0.457 e. The van der Waals surface area contributed by atoms with Crippen LogP contribution in [0.4, 0.5) is 11.4 Å². The van der Waals surface area contributed by atoms with Crippen molar-refractivity contribution in [2.24, 2.45) is 5.92 Å². The molecule has 5 rings (SSSR count). The van der Waals surface area contributed by atoms with Crippen LogP contribution in [0.15, 0.2) is 84.9 Å². The van der Waals surface area contributed by atoms with Gasteiger partial charge < -0.3 is 19.7 Å². The summed E-state index contributed by atoms with van der Waals surface area (Å²) >= 11 is 6.07. The smallest absolute Gasteiger partial charge is 0.311 e. The number of ether oxygens (including phenoxy) is 2. The Hall–Kier alpha value is -4.36. The van der Waals surface area contributed by atoms with Crippen molar-refractivity contribution in [1.29, 1.82) is 0 Å². The molecule has 1 heterocycles. The van der Waals surface area contributed by atoms with E-state index in [-0.39, 0.29) is 18.9 Å². The van der Waals surface area contributed by atoms with E-state index < -0.39 is 24.4 Å². The first-order valence-electron chi connectivity index (χ1n) is 12.2. The molecule has 38 heavy (non-hydrogen) atoms. The van der Waals surface area contributed by atoms with Crippen molar-refractivity contribution in [2.75, 3.05) is 23.4 Å². The molecule has 4 aromatic rings. The molecule has 7 nitrogen and oxygen atoms in total. The number of fused-ring (bicyclic) bond motifs is 1. The van der Waals surface area contributed by atoms with E-state index in [4.69, 9.17) is 21.1 Å². The average Bonchev–Trinajstić information content (AvgIpc) is 3.31. The van der Waals surface area contributed by atoms with E-state index in [1.165, 1.54) is 0 Å². The standard InChI is InChI=1S/C30H25ClN2O5/c1-19-9-10-22(16-26(19)31)32-28(34)18-37-30(36)21-15-29(35)33(17-21)23-11-13-24(14-12-23)38-27-8-4-6-20-5-2-3-7-25(20)27/h2-14,16,21H,15,17-18H2,1H3,(H,32,34)/t21-/m1/s1. The van der Waals surface area contributed by atoms with Gasteiger partial charge in [-0.15, -0.1) is 0 Å². The van der Waals surface area contributed by atoms with Crippen molar-refractivity contribution < 1.29 is 23.9 Å². The molecule has 0 spiro atoms. The van der Waals surface area contributed by atoms with Crippen molar-refractivity contribution >= 4 is 51.5 Å². The molecule has 0 aromatic heterocycles. The quantitative estimate of drug-likeness (QED) is 0.292. The Bertz CT molecular complexity index is 1510. The minimum absolute atomic E-state index is 0.0161. The van der Waals surface area contributed by atoms with Crippen LogP contribution in [-0.4, -0.2) is 30.9 Å². The van der Waals surface area contributed by atoms with Crippen molar-refractivity contribution in [3.05, 3.63) is 95.5 Å². The van der Waals surface area contributed by atoms with Crippen LogP contribution in [0, 0.1) is 12.8 Å². The molecular weight excluding hydrogens is 504 g/mol. The maximum atomic E-state index is 12.6. The van der Waals surface area contributed by atoms with Gasteiger partial charge in [0.25, 0.3) is 5.91 Å². The Morgan fingerprint density at radius 2 is 1.76 bits per heavy atom. The molecule has 2 amide bonds. The number of benzene rings is 4. The van der Waals surface area contributed by atoms with E-state index >= 15 is 0 Å². The van der Waals surface area contributed by atoms with Crippen LogP contribution in [0.3, 0.4) is 0 Å². The lowest BCUT2D eigenvalue weighted by molar-refractivity contribution is -0.151. The maximum Gasteiger partial charge on any atom is 0.311 e. The van der Waals surface area contributed by atoms with Crippen LogP contribution in [0.5, 0.6) is 11.5 Å². The van der Waals surface area contributed by atoms with Crippen LogP contribution in [0.25, 0.3) is 10.8 Å². The van der Waals surface area contributed by atoms with Crippen molar-refractivity contribution in [3.63, 3.8) is 0 Å². The van der Waals surface area contributed by atoms with Crippen molar-refractivity contribution in [3.8, 4) is 11.5 Å². The van der Waals surface area contributed by atoms with E-state index in [0.29, 0.717) is 22.1 Å². The van der Waals surface area contributed by atoms with Gasteiger partial charge in [-0.3, -0.25) is 14.4 Å². The SMILES string of the molecule is Cc1ccc(NC(=O)COC(=O)[C@@H]2CC(=O)N(c3ccc(Oc4cccc5ccccc45)cc3)C2)cc1Cl. The number of carbonyl (C=O) groups is 3.